The van der Waals surface area contributed by atoms with Crippen molar-refractivity contribution < 1.29 is 23.9 Å². The number of hydrogen-bond acceptors (Lipinski definition) is 4. The molecule has 0 saturated carbocycles. The second-order valence-electron chi connectivity index (χ2n) is 7.26. The number of nitrogens with one attached hydrogen (secondary N) is 1. The maximum absolute atomic E-state index is 13.0. The number of piperidine rings is 1. The first kappa shape index (κ1) is 19.7. The number of carboxylic acid groups (broad SMARTS) is 1. The van der Waals surface area contributed by atoms with E-state index < -0.39 is 11.9 Å². The van der Waals surface area contributed by atoms with Crippen molar-refractivity contribution in [2.24, 2.45) is 5.92 Å². The monoisotopic (exact) mass is 384 g/mol. The Labute approximate surface area is 163 Å². The number of rotatable bonds is 5. The van der Waals surface area contributed by atoms with Crippen LogP contribution in [0.1, 0.15) is 51.8 Å². The van der Waals surface area contributed by atoms with E-state index in [0.717, 1.165) is 12.8 Å². The van der Waals surface area contributed by atoms with Crippen LogP contribution in [0.2, 0.25) is 0 Å². The molecule has 1 aromatic heterocycles. The van der Waals surface area contributed by atoms with Crippen molar-refractivity contribution in [1.29, 1.82) is 0 Å². The zero-order valence-electron chi connectivity index (χ0n) is 16.0. The molecule has 0 unspecified atom stereocenters. The first-order valence-corrected chi connectivity index (χ1v) is 9.35. The molecule has 2 aromatic rings. The third-order valence-electron chi connectivity index (χ3n) is 5.07. The fourth-order valence-electron chi connectivity index (χ4n) is 3.42. The normalized spacial score (nSPS) is 14.7. The van der Waals surface area contributed by atoms with Crippen LogP contribution in [0.25, 0.3) is 0 Å². The number of aliphatic carboxylic acids is 1. The third kappa shape index (κ3) is 4.24. The van der Waals surface area contributed by atoms with Gasteiger partial charge in [0.2, 0.25) is 0 Å². The molecule has 7 nitrogen and oxygen atoms in total. The van der Waals surface area contributed by atoms with Crippen LogP contribution >= 0.6 is 0 Å². The second-order valence-corrected chi connectivity index (χ2v) is 7.26. The lowest BCUT2D eigenvalue weighted by Crippen LogP contribution is -2.38. The number of anilines is 1. The van der Waals surface area contributed by atoms with Gasteiger partial charge >= 0.3 is 5.97 Å². The number of nitrogens with zero attached hydrogens (tertiary/aromatic N) is 1. The molecule has 1 fully saturated rings. The third-order valence-corrected chi connectivity index (χ3v) is 5.07. The van der Waals surface area contributed by atoms with E-state index in [9.17, 15) is 14.4 Å². The number of furan rings is 1. The average molecular weight is 384 g/mol. The summed E-state index contributed by atoms with van der Waals surface area (Å²) in [6.45, 7) is 5.26. The molecule has 0 aliphatic carbocycles. The predicted molar refractivity (Wildman–Crippen MR) is 103 cm³/mol. The first-order valence-electron chi connectivity index (χ1n) is 9.35. The molecule has 0 radical (unpaired) electrons. The highest BCUT2D eigenvalue weighted by atomic mass is 16.4. The molecule has 1 aromatic carbocycles. The van der Waals surface area contributed by atoms with Crippen LogP contribution in [-0.2, 0) is 11.2 Å². The summed E-state index contributed by atoms with van der Waals surface area (Å²) in [5.74, 6) is -0.988. The van der Waals surface area contributed by atoms with Gasteiger partial charge in [-0.25, -0.2) is 0 Å². The number of benzene rings is 1. The molecular formula is C21H24N2O5. The minimum atomic E-state index is -1.08. The summed E-state index contributed by atoms with van der Waals surface area (Å²) < 4.78 is 5.23. The number of aryl methyl sites for hydroxylation is 1. The molecule has 148 valence electrons. The van der Waals surface area contributed by atoms with Crippen LogP contribution in [-0.4, -0.2) is 40.9 Å². The molecule has 1 saturated heterocycles. The van der Waals surface area contributed by atoms with E-state index in [2.05, 4.69) is 12.2 Å². The molecule has 0 atom stereocenters. The molecule has 3 rings (SSSR count). The SMILES string of the molecule is Cc1coc(CC(=O)O)c1C(=O)Nc1ccccc1C(=O)N1CCC(C)CC1. The molecule has 2 heterocycles. The maximum atomic E-state index is 13.0. The fourth-order valence-corrected chi connectivity index (χ4v) is 3.42. The summed E-state index contributed by atoms with van der Waals surface area (Å²) in [5.41, 5.74) is 1.56. The van der Waals surface area contributed by atoms with Crippen molar-refractivity contribution in [2.75, 3.05) is 18.4 Å². The number of likely N-dealkylation sites (tertiary alicyclic amines) is 1. The standard InChI is InChI=1S/C21H24N2O5/c1-13-7-9-23(10-8-13)21(27)15-5-3-4-6-16(15)22-20(26)19-14(2)12-28-17(19)11-18(24)25/h3-6,12-13H,7-11H2,1-2H3,(H,22,26)(H,24,25). The highest BCUT2D eigenvalue weighted by molar-refractivity contribution is 6.10. The predicted octanol–water partition coefficient (Wildman–Crippen LogP) is 3.34. The zero-order chi connectivity index (χ0) is 20.3. The molecule has 2 N–H and O–H groups in total. The molecule has 7 heteroatoms. The number of hydrogen-bond donors (Lipinski definition) is 2. The lowest BCUT2D eigenvalue weighted by atomic mass is 9.98. The van der Waals surface area contributed by atoms with Gasteiger partial charge in [-0.05, 0) is 37.8 Å². The van der Waals surface area contributed by atoms with Crippen molar-refractivity contribution >= 4 is 23.5 Å². The smallest absolute Gasteiger partial charge is 0.311 e. The van der Waals surface area contributed by atoms with E-state index in [-0.39, 0.29) is 23.7 Å². The Morgan fingerprint density at radius 3 is 2.57 bits per heavy atom. The van der Waals surface area contributed by atoms with Gasteiger partial charge in [0.1, 0.15) is 12.2 Å². The van der Waals surface area contributed by atoms with Crippen LogP contribution in [0, 0.1) is 12.8 Å². The largest absolute Gasteiger partial charge is 0.481 e. The van der Waals surface area contributed by atoms with E-state index in [1.807, 2.05) is 4.90 Å². The number of para-hydroxylation sites is 1. The van der Waals surface area contributed by atoms with Crippen LogP contribution < -0.4 is 5.32 Å². The number of carbonyl (C=O) groups is 3. The maximum Gasteiger partial charge on any atom is 0.311 e. The Hall–Kier alpha value is -3.09. The Morgan fingerprint density at radius 2 is 1.89 bits per heavy atom. The molecule has 1 aliphatic rings. The van der Waals surface area contributed by atoms with Crippen LogP contribution in [0.15, 0.2) is 34.9 Å². The van der Waals surface area contributed by atoms with Crippen molar-refractivity contribution in [3.05, 3.63) is 53.0 Å². The van der Waals surface area contributed by atoms with Gasteiger partial charge < -0.3 is 19.7 Å². The van der Waals surface area contributed by atoms with E-state index in [1.54, 1.807) is 31.2 Å². The van der Waals surface area contributed by atoms with Crippen LogP contribution in [0.5, 0.6) is 0 Å². The van der Waals surface area contributed by atoms with Gasteiger partial charge in [-0.1, -0.05) is 19.1 Å². The minimum Gasteiger partial charge on any atom is -0.481 e. The van der Waals surface area contributed by atoms with Crippen molar-refractivity contribution in [2.45, 2.75) is 33.1 Å². The Kier molecular flexibility index (Phi) is 5.82. The quantitative estimate of drug-likeness (QED) is 0.824. The molecular weight excluding hydrogens is 360 g/mol. The van der Waals surface area contributed by atoms with E-state index in [4.69, 9.17) is 9.52 Å². The van der Waals surface area contributed by atoms with E-state index >= 15 is 0 Å². The average Bonchev–Trinajstić information content (AvgIpc) is 3.02. The molecule has 28 heavy (non-hydrogen) atoms. The molecule has 1 aliphatic heterocycles. The number of carbonyl (C=O) groups excluding carboxylic acids is 2. The summed E-state index contributed by atoms with van der Waals surface area (Å²) in [7, 11) is 0. The first-order chi connectivity index (χ1) is 13.4. The summed E-state index contributed by atoms with van der Waals surface area (Å²) in [4.78, 5) is 38.6. The summed E-state index contributed by atoms with van der Waals surface area (Å²) >= 11 is 0. The molecule has 0 spiro atoms. The lowest BCUT2D eigenvalue weighted by molar-refractivity contribution is -0.136. The highest BCUT2D eigenvalue weighted by Gasteiger charge is 2.25. The second kappa shape index (κ2) is 8.29. The highest BCUT2D eigenvalue weighted by Crippen LogP contribution is 2.24. The van der Waals surface area contributed by atoms with Gasteiger partial charge in [0, 0.05) is 18.7 Å². The number of carboxylic acids is 1. The van der Waals surface area contributed by atoms with Gasteiger partial charge in [0.15, 0.2) is 0 Å². The van der Waals surface area contributed by atoms with Crippen molar-refractivity contribution in [3.8, 4) is 0 Å². The lowest BCUT2D eigenvalue weighted by Gasteiger charge is -2.30. The topological polar surface area (TPSA) is 99.8 Å². The van der Waals surface area contributed by atoms with Gasteiger partial charge in [-0.2, -0.15) is 0 Å². The van der Waals surface area contributed by atoms with Gasteiger partial charge in [-0.3, -0.25) is 14.4 Å². The minimum absolute atomic E-state index is 0.0938. The molecule has 2 amide bonds. The van der Waals surface area contributed by atoms with Crippen LogP contribution in [0.4, 0.5) is 5.69 Å². The van der Waals surface area contributed by atoms with Gasteiger partial charge in [0.25, 0.3) is 11.8 Å². The van der Waals surface area contributed by atoms with Gasteiger partial charge in [0.05, 0.1) is 23.1 Å². The summed E-state index contributed by atoms with van der Waals surface area (Å²) in [6, 6.07) is 6.86. The summed E-state index contributed by atoms with van der Waals surface area (Å²) in [5, 5.41) is 11.8. The Bertz CT molecular complexity index is 894. The fraction of sp³-hybridized carbons (Fsp3) is 0.381. The Morgan fingerprint density at radius 1 is 1.21 bits per heavy atom. The van der Waals surface area contributed by atoms with Crippen molar-refractivity contribution in [3.63, 3.8) is 0 Å². The Balaban J connectivity index is 1.82. The van der Waals surface area contributed by atoms with E-state index in [0.29, 0.717) is 35.8 Å². The van der Waals surface area contributed by atoms with Crippen molar-refractivity contribution in [1.82, 2.24) is 4.90 Å². The molecule has 0 bridgehead atoms. The number of amides is 2. The van der Waals surface area contributed by atoms with Crippen LogP contribution in [0.3, 0.4) is 0 Å². The van der Waals surface area contributed by atoms with E-state index in [1.165, 1.54) is 6.26 Å². The summed E-state index contributed by atoms with van der Waals surface area (Å²) in [6.07, 6.45) is 2.91. The zero-order valence-corrected chi connectivity index (χ0v) is 16.0. The van der Waals surface area contributed by atoms with Gasteiger partial charge in [-0.15, -0.1) is 0 Å².